The molecule has 1 atom stereocenters. The number of rotatable bonds is 5. The summed E-state index contributed by atoms with van der Waals surface area (Å²) in [7, 11) is 0. The molecule has 11 heteroatoms. The lowest BCUT2D eigenvalue weighted by molar-refractivity contribution is 0.0191. The number of hydrogen-bond donors (Lipinski definition) is 2. The van der Waals surface area contributed by atoms with E-state index in [1.54, 1.807) is 40.9 Å². The Bertz CT molecular complexity index is 1520. The van der Waals surface area contributed by atoms with Crippen LogP contribution in [0, 0.1) is 12.7 Å². The second kappa shape index (κ2) is 9.62. The molecule has 0 bridgehead atoms. The topological polar surface area (TPSA) is 108 Å². The standard InChI is InChI=1S/C27H32FN7O3/c1-6-35(26(37)38-27(3,4)5)18-9-10-33(15-18)22-8-7-19(23-20(22)12-29-32-23)25(36)31-17-11-21(28)24-30-16(2)13-34(24)14-17/h7-8,11-14,18H,6,9-10,15H2,1-5H3,(H,29,32)(H,31,36). The molecule has 0 saturated carbocycles. The second-order valence-electron chi connectivity index (χ2n) is 10.6. The number of benzene rings is 1. The van der Waals surface area contributed by atoms with Gasteiger partial charge in [0.05, 0.1) is 23.0 Å². The van der Waals surface area contributed by atoms with Crippen LogP contribution in [0.25, 0.3) is 16.6 Å². The van der Waals surface area contributed by atoms with Gasteiger partial charge in [-0.3, -0.25) is 9.89 Å². The highest BCUT2D eigenvalue weighted by molar-refractivity contribution is 6.13. The first kappa shape index (κ1) is 25.5. The summed E-state index contributed by atoms with van der Waals surface area (Å²) >= 11 is 0. The van der Waals surface area contributed by atoms with Gasteiger partial charge in [-0.2, -0.15) is 5.10 Å². The van der Waals surface area contributed by atoms with Gasteiger partial charge in [0.2, 0.25) is 0 Å². The predicted octanol–water partition coefficient (Wildman–Crippen LogP) is 4.75. The number of aryl methyl sites for hydroxylation is 1. The van der Waals surface area contributed by atoms with Crippen LogP contribution in [0.15, 0.2) is 36.8 Å². The monoisotopic (exact) mass is 521 g/mol. The average Bonchev–Trinajstić information content (AvgIpc) is 3.57. The van der Waals surface area contributed by atoms with Crippen LogP contribution in [0.1, 0.15) is 50.2 Å². The number of hydrogen-bond acceptors (Lipinski definition) is 6. The number of anilines is 2. The van der Waals surface area contributed by atoms with E-state index in [1.165, 1.54) is 6.07 Å². The van der Waals surface area contributed by atoms with Crippen molar-refractivity contribution in [3.63, 3.8) is 0 Å². The molecule has 4 aromatic rings. The number of halogens is 1. The van der Waals surface area contributed by atoms with Crippen molar-refractivity contribution in [1.82, 2.24) is 24.5 Å². The van der Waals surface area contributed by atoms with Crippen molar-refractivity contribution in [3.8, 4) is 0 Å². The molecule has 3 aromatic heterocycles. The summed E-state index contributed by atoms with van der Waals surface area (Å²) < 4.78 is 21.7. The van der Waals surface area contributed by atoms with Crippen LogP contribution in [0.5, 0.6) is 0 Å². The Morgan fingerprint density at radius 2 is 2.08 bits per heavy atom. The number of carbonyl (C=O) groups excluding carboxylic acids is 2. The lowest BCUT2D eigenvalue weighted by atomic mass is 10.1. The zero-order valence-electron chi connectivity index (χ0n) is 22.2. The highest BCUT2D eigenvalue weighted by atomic mass is 19.1. The second-order valence-corrected chi connectivity index (χ2v) is 10.6. The molecule has 38 heavy (non-hydrogen) atoms. The smallest absolute Gasteiger partial charge is 0.410 e. The van der Waals surface area contributed by atoms with Crippen molar-refractivity contribution >= 4 is 39.9 Å². The van der Waals surface area contributed by atoms with Gasteiger partial charge < -0.3 is 24.3 Å². The Kier molecular flexibility index (Phi) is 6.46. The number of likely N-dealkylation sites (N-methyl/N-ethyl adjacent to an activating group) is 1. The molecule has 2 amide bonds. The molecule has 1 aromatic carbocycles. The van der Waals surface area contributed by atoms with Gasteiger partial charge in [-0.25, -0.2) is 14.2 Å². The van der Waals surface area contributed by atoms with Crippen LogP contribution in [0.3, 0.4) is 0 Å². The van der Waals surface area contributed by atoms with Crippen molar-refractivity contribution in [2.24, 2.45) is 0 Å². The first-order valence-electron chi connectivity index (χ1n) is 12.7. The quantitative estimate of drug-likeness (QED) is 0.393. The van der Waals surface area contributed by atoms with Crippen LogP contribution in [-0.2, 0) is 4.74 Å². The number of aromatic amines is 1. The third-order valence-corrected chi connectivity index (χ3v) is 6.62. The number of carbonyl (C=O) groups is 2. The van der Waals surface area contributed by atoms with Gasteiger partial charge in [0.25, 0.3) is 5.91 Å². The Morgan fingerprint density at radius 3 is 2.82 bits per heavy atom. The van der Waals surface area contributed by atoms with Crippen LogP contribution in [-0.4, -0.2) is 67.8 Å². The minimum absolute atomic E-state index is 0.0106. The summed E-state index contributed by atoms with van der Waals surface area (Å²) in [6.45, 7) is 11.3. The van der Waals surface area contributed by atoms with Crippen molar-refractivity contribution in [1.29, 1.82) is 0 Å². The summed E-state index contributed by atoms with van der Waals surface area (Å²) in [4.78, 5) is 34.1. The maximum absolute atomic E-state index is 14.5. The Labute approximate surface area is 219 Å². The Hall–Kier alpha value is -4.15. The van der Waals surface area contributed by atoms with Gasteiger partial charge in [0.15, 0.2) is 11.5 Å². The molecule has 1 aliphatic rings. The SMILES string of the molecule is CCN(C(=O)OC(C)(C)C)C1CCN(c2ccc(C(=O)Nc3cc(F)c4nc(C)cn4c3)c3n[nH]cc23)C1. The molecule has 200 valence electrons. The number of nitrogens with zero attached hydrogens (tertiary/aromatic N) is 5. The van der Waals surface area contributed by atoms with Crippen LogP contribution in [0.2, 0.25) is 0 Å². The van der Waals surface area contributed by atoms with Crippen molar-refractivity contribution in [3.05, 3.63) is 53.9 Å². The molecule has 1 saturated heterocycles. The number of aromatic nitrogens is 4. The van der Waals surface area contributed by atoms with E-state index in [-0.39, 0.29) is 17.8 Å². The van der Waals surface area contributed by atoms with Crippen molar-refractivity contribution in [2.45, 2.75) is 52.7 Å². The van der Waals surface area contributed by atoms with E-state index >= 15 is 0 Å². The van der Waals surface area contributed by atoms with Gasteiger partial charge in [-0.05, 0) is 53.2 Å². The summed E-state index contributed by atoms with van der Waals surface area (Å²) in [5, 5.41) is 10.8. The van der Waals surface area contributed by atoms with E-state index in [2.05, 4.69) is 25.4 Å². The van der Waals surface area contributed by atoms with E-state index in [9.17, 15) is 14.0 Å². The van der Waals surface area contributed by atoms with Crippen molar-refractivity contribution < 1.29 is 18.7 Å². The number of imidazole rings is 1. The third-order valence-electron chi connectivity index (χ3n) is 6.62. The number of pyridine rings is 1. The van der Waals surface area contributed by atoms with Gasteiger partial charge in [-0.1, -0.05) is 0 Å². The Balaban J connectivity index is 1.36. The van der Waals surface area contributed by atoms with E-state index < -0.39 is 17.3 Å². The summed E-state index contributed by atoms with van der Waals surface area (Å²) in [5.41, 5.74) is 2.45. The fourth-order valence-electron chi connectivity index (χ4n) is 5.00. The number of H-pyrrole nitrogens is 1. The molecule has 0 aliphatic carbocycles. The van der Waals surface area contributed by atoms with Crippen LogP contribution >= 0.6 is 0 Å². The molecule has 0 spiro atoms. The summed E-state index contributed by atoms with van der Waals surface area (Å²) in [6.07, 6.45) is 5.57. The molecular weight excluding hydrogens is 489 g/mol. The number of fused-ring (bicyclic) bond motifs is 2. The van der Waals surface area contributed by atoms with E-state index in [0.29, 0.717) is 35.6 Å². The fourth-order valence-corrected chi connectivity index (χ4v) is 5.00. The normalized spacial score (nSPS) is 15.8. The number of nitrogens with one attached hydrogen (secondary N) is 2. The minimum atomic E-state index is -0.558. The largest absolute Gasteiger partial charge is 0.444 e. The highest BCUT2D eigenvalue weighted by Gasteiger charge is 2.33. The average molecular weight is 522 g/mol. The zero-order valence-corrected chi connectivity index (χ0v) is 22.2. The molecule has 1 aliphatic heterocycles. The maximum Gasteiger partial charge on any atom is 0.410 e. The van der Waals surface area contributed by atoms with Crippen LogP contribution in [0.4, 0.5) is 20.6 Å². The molecular formula is C27H32FN7O3. The molecule has 5 rings (SSSR count). The number of ether oxygens (including phenoxy) is 1. The molecule has 4 heterocycles. The maximum atomic E-state index is 14.5. The van der Waals surface area contributed by atoms with Gasteiger partial charge in [0.1, 0.15) is 11.1 Å². The predicted molar refractivity (Wildman–Crippen MR) is 143 cm³/mol. The van der Waals surface area contributed by atoms with Crippen LogP contribution < -0.4 is 10.2 Å². The zero-order chi connectivity index (χ0) is 27.2. The van der Waals surface area contributed by atoms with Crippen molar-refractivity contribution in [2.75, 3.05) is 29.9 Å². The first-order valence-corrected chi connectivity index (χ1v) is 12.7. The minimum Gasteiger partial charge on any atom is -0.444 e. The summed E-state index contributed by atoms with van der Waals surface area (Å²) in [6, 6.07) is 4.88. The van der Waals surface area contributed by atoms with E-state index in [4.69, 9.17) is 4.74 Å². The first-order chi connectivity index (χ1) is 18.0. The highest BCUT2D eigenvalue weighted by Crippen LogP contribution is 2.32. The molecule has 1 fully saturated rings. The van der Waals surface area contributed by atoms with Gasteiger partial charge in [-0.15, -0.1) is 0 Å². The number of amides is 2. The molecule has 2 N–H and O–H groups in total. The molecule has 0 radical (unpaired) electrons. The lowest BCUT2D eigenvalue weighted by Gasteiger charge is -2.31. The van der Waals surface area contributed by atoms with E-state index in [0.717, 1.165) is 24.0 Å². The Morgan fingerprint density at radius 1 is 1.29 bits per heavy atom. The molecule has 1 unspecified atom stereocenters. The van der Waals surface area contributed by atoms with E-state index in [1.807, 2.05) is 33.8 Å². The lowest BCUT2D eigenvalue weighted by Crippen LogP contribution is -2.44. The third kappa shape index (κ3) is 4.88. The fraction of sp³-hybridized carbons (Fsp3) is 0.407. The van der Waals surface area contributed by atoms with Gasteiger partial charge in [0, 0.05) is 55.4 Å². The summed E-state index contributed by atoms with van der Waals surface area (Å²) in [5.74, 6) is -0.919. The van der Waals surface area contributed by atoms with Gasteiger partial charge >= 0.3 is 6.09 Å². The molecule has 10 nitrogen and oxygen atoms in total.